The highest BCUT2D eigenvalue weighted by Crippen LogP contribution is 2.43. The summed E-state index contributed by atoms with van der Waals surface area (Å²) in [5, 5.41) is 17.7. The quantitative estimate of drug-likeness (QED) is 0.306. The van der Waals surface area contributed by atoms with Crippen LogP contribution in [0.5, 0.6) is 0 Å². The SMILES string of the molecule is CC(C)C[C@H](NC(=O)O[C@H](c1ccccc1)C(F)(F)c1cccc(Cl)c1)C(=O)N[C@H](CO)C[C@@H]1CCNC1=O. The van der Waals surface area contributed by atoms with Crippen LogP contribution in [0, 0.1) is 11.8 Å². The molecule has 1 saturated heterocycles. The Balaban J connectivity index is 1.77. The van der Waals surface area contributed by atoms with Crippen molar-refractivity contribution in [2.75, 3.05) is 13.2 Å². The van der Waals surface area contributed by atoms with E-state index in [-0.39, 0.29) is 41.2 Å². The van der Waals surface area contributed by atoms with E-state index in [4.69, 9.17) is 16.3 Å². The fourth-order valence-electron chi connectivity index (χ4n) is 4.51. The van der Waals surface area contributed by atoms with Crippen LogP contribution in [-0.4, -0.2) is 48.2 Å². The Bertz CT molecular complexity index is 1140. The number of benzene rings is 2. The molecule has 0 spiro atoms. The third kappa shape index (κ3) is 8.37. The van der Waals surface area contributed by atoms with Crippen molar-refractivity contribution in [3.63, 3.8) is 0 Å². The maximum Gasteiger partial charge on any atom is 0.408 e. The van der Waals surface area contributed by atoms with Crippen LogP contribution >= 0.6 is 11.6 Å². The molecule has 3 amide bonds. The van der Waals surface area contributed by atoms with E-state index in [1.807, 2.05) is 13.8 Å². The van der Waals surface area contributed by atoms with Gasteiger partial charge in [-0.1, -0.05) is 67.9 Å². The van der Waals surface area contributed by atoms with Gasteiger partial charge in [-0.2, -0.15) is 8.78 Å². The molecule has 1 aliphatic heterocycles. The molecule has 11 heteroatoms. The Hall–Kier alpha value is -3.24. The highest BCUT2D eigenvalue weighted by atomic mass is 35.5. The molecule has 0 saturated carbocycles. The van der Waals surface area contributed by atoms with Gasteiger partial charge < -0.3 is 25.8 Å². The summed E-state index contributed by atoms with van der Waals surface area (Å²) in [6.07, 6.45) is -2.21. The first-order chi connectivity index (χ1) is 18.5. The first-order valence-electron chi connectivity index (χ1n) is 12.9. The lowest BCUT2D eigenvalue weighted by Gasteiger charge is -2.29. The van der Waals surface area contributed by atoms with Gasteiger partial charge in [-0.05, 0) is 42.9 Å². The van der Waals surface area contributed by atoms with Crippen molar-refractivity contribution in [1.29, 1.82) is 0 Å². The molecule has 39 heavy (non-hydrogen) atoms. The fourth-order valence-corrected chi connectivity index (χ4v) is 4.70. The van der Waals surface area contributed by atoms with E-state index >= 15 is 8.78 Å². The minimum absolute atomic E-state index is 0.0490. The third-order valence-corrected chi connectivity index (χ3v) is 6.72. The minimum Gasteiger partial charge on any atom is -0.434 e. The summed E-state index contributed by atoms with van der Waals surface area (Å²) < 4.78 is 36.7. The van der Waals surface area contributed by atoms with E-state index < -0.39 is 48.3 Å². The molecule has 1 aliphatic rings. The van der Waals surface area contributed by atoms with Gasteiger partial charge in [0, 0.05) is 23.0 Å². The number of hydrogen-bond acceptors (Lipinski definition) is 5. The molecular weight excluding hydrogens is 532 g/mol. The van der Waals surface area contributed by atoms with Gasteiger partial charge in [-0.25, -0.2) is 4.79 Å². The first kappa shape index (κ1) is 30.3. The standard InChI is InChI=1S/C28H34ClF2N3O5/c1-17(2)13-23(26(37)33-22(16-35)14-19-11-12-32-25(19)36)34-27(38)39-24(18-7-4-3-5-8-18)28(30,31)20-9-6-10-21(29)15-20/h3-10,15,17,19,22-24,35H,11-14,16H2,1-2H3,(H,32,36)(H,33,37)(H,34,38)/t19-,22-,23-,24+/m0/s1. The zero-order chi connectivity index (χ0) is 28.6. The Morgan fingerprint density at radius 3 is 2.46 bits per heavy atom. The van der Waals surface area contributed by atoms with Crippen LogP contribution in [-0.2, 0) is 20.2 Å². The summed E-state index contributed by atoms with van der Waals surface area (Å²) in [7, 11) is 0. The highest BCUT2D eigenvalue weighted by Gasteiger charge is 2.46. The van der Waals surface area contributed by atoms with Crippen LogP contribution < -0.4 is 16.0 Å². The zero-order valence-corrected chi connectivity index (χ0v) is 22.6. The molecular formula is C28H34ClF2N3O5. The van der Waals surface area contributed by atoms with Crippen molar-refractivity contribution < 1.29 is 33.0 Å². The normalized spacial score (nSPS) is 17.7. The van der Waals surface area contributed by atoms with Crippen molar-refractivity contribution in [3.8, 4) is 0 Å². The molecule has 3 rings (SSSR count). The molecule has 2 aromatic rings. The number of hydrogen-bond donors (Lipinski definition) is 4. The second-order valence-electron chi connectivity index (χ2n) is 10.1. The lowest BCUT2D eigenvalue weighted by Crippen LogP contribution is -2.52. The molecule has 1 heterocycles. The average Bonchev–Trinajstić information content (AvgIpc) is 3.30. The summed E-state index contributed by atoms with van der Waals surface area (Å²) in [6, 6.07) is 10.9. The van der Waals surface area contributed by atoms with Crippen LogP contribution in [0.2, 0.25) is 5.02 Å². The van der Waals surface area contributed by atoms with E-state index in [2.05, 4.69) is 16.0 Å². The molecule has 1 fully saturated rings. The van der Waals surface area contributed by atoms with Gasteiger partial charge in [-0.3, -0.25) is 9.59 Å². The highest BCUT2D eigenvalue weighted by molar-refractivity contribution is 6.30. The summed E-state index contributed by atoms with van der Waals surface area (Å²) >= 11 is 5.94. The van der Waals surface area contributed by atoms with Gasteiger partial charge in [0.1, 0.15) is 6.04 Å². The molecule has 4 atom stereocenters. The van der Waals surface area contributed by atoms with E-state index in [0.717, 1.165) is 6.07 Å². The molecule has 0 bridgehead atoms. The summed E-state index contributed by atoms with van der Waals surface area (Å²) in [5.74, 6) is -4.80. The van der Waals surface area contributed by atoms with Crippen LogP contribution in [0.3, 0.4) is 0 Å². The summed E-state index contributed by atoms with van der Waals surface area (Å²) in [5.41, 5.74) is -0.382. The molecule has 0 aliphatic carbocycles. The maximum absolute atomic E-state index is 15.7. The average molecular weight is 566 g/mol. The van der Waals surface area contributed by atoms with Crippen molar-refractivity contribution in [1.82, 2.24) is 16.0 Å². The van der Waals surface area contributed by atoms with Gasteiger partial charge in [0.25, 0.3) is 0 Å². The van der Waals surface area contributed by atoms with Gasteiger partial charge >= 0.3 is 12.0 Å². The molecule has 4 N–H and O–H groups in total. The number of aliphatic hydroxyl groups excluding tert-OH is 1. The number of aliphatic hydroxyl groups is 1. The maximum atomic E-state index is 15.7. The molecule has 0 aromatic heterocycles. The monoisotopic (exact) mass is 565 g/mol. The Labute approximate surface area is 231 Å². The van der Waals surface area contributed by atoms with Crippen LogP contribution in [0.15, 0.2) is 54.6 Å². The Morgan fingerprint density at radius 2 is 1.87 bits per heavy atom. The van der Waals surface area contributed by atoms with Crippen LogP contribution in [0.4, 0.5) is 13.6 Å². The molecule has 8 nitrogen and oxygen atoms in total. The Morgan fingerprint density at radius 1 is 1.15 bits per heavy atom. The third-order valence-electron chi connectivity index (χ3n) is 6.48. The lowest BCUT2D eigenvalue weighted by molar-refractivity contribution is -0.128. The van der Waals surface area contributed by atoms with Crippen molar-refractivity contribution in [2.24, 2.45) is 11.8 Å². The van der Waals surface area contributed by atoms with Crippen LogP contribution in [0.1, 0.15) is 50.3 Å². The van der Waals surface area contributed by atoms with E-state index in [9.17, 15) is 19.5 Å². The van der Waals surface area contributed by atoms with E-state index in [0.29, 0.717) is 13.0 Å². The van der Waals surface area contributed by atoms with Gasteiger partial charge in [0.15, 0.2) is 6.10 Å². The van der Waals surface area contributed by atoms with Crippen molar-refractivity contribution >= 4 is 29.5 Å². The Kier molecular flexibility index (Phi) is 10.7. The molecule has 2 aromatic carbocycles. The summed E-state index contributed by atoms with van der Waals surface area (Å²) in [4.78, 5) is 38.0. The topological polar surface area (TPSA) is 117 Å². The van der Waals surface area contributed by atoms with Gasteiger partial charge in [-0.15, -0.1) is 0 Å². The fraction of sp³-hybridized carbons (Fsp3) is 0.464. The van der Waals surface area contributed by atoms with E-state index in [1.54, 1.807) is 18.2 Å². The number of amides is 3. The minimum atomic E-state index is -3.65. The lowest BCUT2D eigenvalue weighted by atomic mass is 9.97. The second kappa shape index (κ2) is 13.7. The molecule has 0 unspecified atom stereocenters. The van der Waals surface area contributed by atoms with Crippen molar-refractivity contribution in [3.05, 3.63) is 70.7 Å². The van der Waals surface area contributed by atoms with Gasteiger partial charge in [0.05, 0.1) is 12.6 Å². The summed E-state index contributed by atoms with van der Waals surface area (Å²) in [6.45, 7) is 3.79. The van der Waals surface area contributed by atoms with Crippen LogP contribution in [0.25, 0.3) is 0 Å². The predicted molar refractivity (Wildman–Crippen MR) is 142 cm³/mol. The van der Waals surface area contributed by atoms with Crippen molar-refractivity contribution in [2.45, 2.75) is 57.2 Å². The number of carbonyl (C=O) groups is 3. The number of rotatable bonds is 12. The molecule has 0 radical (unpaired) electrons. The number of alkyl halides is 2. The predicted octanol–water partition coefficient (Wildman–Crippen LogP) is 4.32. The molecule has 212 valence electrons. The van der Waals surface area contributed by atoms with Gasteiger partial charge in [0.2, 0.25) is 11.8 Å². The number of nitrogens with one attached hydrogen (secondary N) is 3. The second-order valence-corrected chi connectivity index (χ2v) is 10.5. The number of halogens is 3. The van der Waals surface area contributed by atoms with E-state index in [1.165, 1.54) is 30.3 Å². The zero-order valence-electron chi connectivity index (χ0n) is 21.8. The largest absolute Gasteiger partial charge is 0.434 e. The number of alkyl carbamates (subject to hydrolysis) is 1. The smallest absolute Gasteiger partial charge is 0.408 e. The number of carbonyl (C=O) groups excluding carboxylic acids is 3. The number of ether oxygens (including phenoxy) is 1. The first-order valence-corrected chi connectivity index (χ1v) is 13.2.